The summed E-state index contributed by atoms with van der Waals surface area (Å²) >= 11 is 0. The number of hydrogen-bond donors (Lipinski definition) is 3. The number of aromatic carboxylic acids is 1. The summed E-state index contributed by atoms with van der Waals surface area (Å²) in [6.07, 6.45) is -0.361. The highest BCUT2D eigenvalue weighted by molar-refractivity contribution is 6.01. The van der Waals surface area contributed by atoms with Crippen molar-refractivity contribution in [3.8, 4) is 11.8 Å². The molecule has 1 amide bonds. The first-order chi connectivity index (χ1) is 7.54. The van der Waals surface area contributed by atoms with E-state index in [0.29, 0.717) is 0 Å². The van der Waals surface area contributed by atoms with E-state index in [2.05, 4.69) is 5.32 Å². The van der Waals surface area contributed by atoms with Crippen LogP contribution in [-0.4, -0.2) is 22.1 Å². The van der Waals surface area contributed by atoms with Crippen LogP contribution in [0.3, 0.4) is 0 Å². The van der Waals surface area contributed by atoms with Gasteiger partial charge >= 0.3 is 5.97 Å². The van der Waals surface area contributed by atoms with Gasteiger partial charge < -0.3 is 15.5 Å². The number of hydrogen-bond acceptors (Lipinski definition) is 4. The standard InChI is InChI=1S/C10H8N2O4/c11-4-3-9(14)12-8-2-1-6(13)5-7(8)10(15)16/h1-2,5,13H,3H2,(H,12,14)(H,15,16). The number of nitrogens with one attached hydrogen (secondary N) is 1. The van der Waals surface area contributed by atoms with Gasteiger partial charge in [-0.25, -0.2) is 4.79 Å². The molecule has 6 heteroatoms. The molecular formula is C10H8N2O4. The molecule has 0 radical (unpaired) electrons. The Hall–Kier alpha value is -2.55. The zero-order valence-corrected chi connectivity index (χ0v) is 8.10. The highest BCUT2D eigenvalue weighted by atomic mass is 16.4. The minimum atomic E-state index is -1.27. The van der Waals surface area contributed by atoms with E-state index < -0.39 is 11.9 Å². The normalized spacial score (nSPS) is 9.19. The van der Waals surface area contributed by atoms with Gasteiger partial charge in [0.1, 0.15) is 12.2 Å². The molecule has 0 saturated carbocycles. The van der Waals surface area contributed by atoms with Crippen molar-refractivity contribution in [3.05, 3.63) is 23.8 Å². The van der Waals surface area contributed by atoms with Gasteiger partial charge in [0, 0.05) is 0 Å². The van der Waals surface area contributed by atoms with Crippen LogP contribution in [0, 0.1) is 11.3 Å². The maximum absolute atomic E-state index is 11.1. The third-order valence-corrected chi connectivity index (χ3v) is 1.75. The summed E-state index contributed by atoms with van der Waals surface area (Å²) in [6, 6.07) is 5.16. The topological polar surface area (TPSA) is 110 Å². The number of benzene rings is 1. The third-order valence-electron chi connectivity index (χ3n) is 1.75. The lowest BCUT2D eigenvalue weighted by Crippen LogP contribution is -2.13. The van der Waals surface area contributed by atoms with Crippen LogP contribution in [0.15, 0.2) is 18.2 Å². The SMILES string of the molecule is N#CCC(=O)Nc1ccc(O)cc1C(=O)O. The van der Waals surface area contributed by atoms with Gasteiger partial charge in [0.25, 0.3) is 0 Å². The predicted octanol–water partition coefficient (Wildman–Crippen LogP) is 0.943. The maximum Gasteiger partial charge on any atom is 0.337 e. The summed E-state index contributed by atoms with van der Waals surface area (Å²) in [7, 11) is 0. The van der Waals surface area contributed by atoms with Gasteiger partial charge in [-0.05, 0) is 18.2 Å². The molecule has 0 bridgehead atoms. The van der Waals surface area contributed by atoms with Gasteiger partial charge in [0.05, 0.1) is 17.3 Å². The minimum absolute atomic E-state index is 0.0468. The number of anilines is 1. The number of phenolic OH excluding ortho intramolecular Hbond substituents is 1. The first-order valence-corrected chi connectivity index (χ1v) is 4.27. The monoisotopic (exact) mass is 220 g/mol. The Balaban J connectivity index is 3.00. The first-order valence-electron chi connectivity index (χ1n) is 4.27. The van der Waals surface area contributed by atoms with E-state index in [1.165, 1.54) is 12.1 Å². The van der Waals surface area contributed by atoms with E-state index in [0.717, 1.165) is 6.07 Å². The molecule has 82 valence electrons. The Kier molecular flexibility index (Phi) is 3.45. The van der Waals surface area contributed by atoms with Crippen LogP contribution in [0.4, 0.5) is 5.69 Å². The van der Waals surface area contributed by atoms with Crippen molar-refractivity contribution in [1.82, 2.24) is 0 Å². The molecule has 6 nitrogen and oxygen atoms in total. The summed E-state index contributed by atoms with van der Waals surface area (Å²) in [5.74, 6) is -2.09. The van der Waals surface area contributed by atoms with Crippen LogP contribution in [0.1, 0.15) is 16.8 Å². The number of amides is 1. The van der Waals surface area contributed by atoms with Crippen LogP contribution in [0.5, 0.6) is 5.75 Å². The van der Waals surface area contributed by atoms with Crippen LogP contribution in [-0.2, 0) is 4.79 Å². The summed E-state index contributed by atoms with van der Waals surface area (Å²) in [6.45, 7) is 0. The van der Waals surface area contributed by atoms with E-state index in [1.807, 2.05) is 0 Å². The average Bonchev–Trinajstić information content (AvgIpc) is 2.20. The molecule has 16 heavy (non-hydrogen) atoms. The zero-order chi connectivity index (χ0) is 12.1. The predicted molar refractivity (Wildman–Crippen MR) is 53.9 cm³/mol. The molecule has 0 aliphatic rings. The second-order valence-corrected chi connectivity index (χ2v) is 2.92. The fourth-order valence-electron chi connectivity index (χ4n) is 1.08. The molecule has 0 atom stereocenters. The summed E-state index contributed by atoms with van der Waals surface area (Å²) in [5, 5.41) is 28.4. The fraction of sp³-hybridized carbons (Fsp3) is 0.100. The summed E-state index contributed by atoms with van der Waals surface area (Å²) in [4.78, 5) is 21.9. The molecule has 0 spiro atoms. The van der Waals surface area contributed by atoms with Gasteiger partial charge in [-0.15, -0.1) is 0 Å². The lowest BCUT2D eigenvalue weighted by molar-refractivity contribution is -0.115. The van der Waals surface area contributed by atoms with E-state index in [-0.39, 0.29) is 23.4 Å². The summed E-state index contributed by atoms with van der Waals surface area (Å²) < 4.78 is 0. The number of phenols is 1. The zero-order valence-electron chi connectivity index (χ0n) is 8.10. The van der Waals surface area contributed by atoms with Gasteiger partial charge in [-0.3, -0.25) is 4.79 Å². The van der Waals surface area contributed by atoms with Crippen LogP contribution in [0.25, 0.3) is 0 Å². The smallest absolute Gasteiger partial charge is 0.337 e. The quantitative estimate of drug-likeness (QED) is 0.656. The van der Waals surface area contributed by atoms with Crippen molar-refractivity contribution in [2.24, 2.45) is 0 Å². The number of carbonyl (C=O) groups is 2. The molecule has 3 N–H and O–H groups in total. The van der Waals surface area contributed by atoms with Crippen molar-refractivity contribution >= 4 is 17.6 Å². The van der Waals surface area contributed by atoms with E-state index in [4.69, 9.17) is 15.5 Å². The Labute approximate surface area is 90.7 Å². The van der Waals surface area contributed by atoms with Crippen molar-refractivity contribution in [3.63, 3.8) is 0 Å². The van der Waals surface area contributed by atoms with Crippen LogP contribution < -0.4 is 5.32 Å². The Morgan fingerprint density at radius 2 is 2.12 bits per heavy atom. The van der Waals surface area contributed by atoms with Gasteiger partial charge in [-0.1, -0.05) is 0 Å². The summed E-state index contributed by atoms with van der Waals surface area (Å²) in [5.41, 5.74) is -0.183. The maximum atomic E-state index is 11.1. The molecule has 0 aliphatic heterocycles. The highest BCUT2D eigenvalue weighted by Gasteiger charge is 2.12. The van der Waals surface area contributed by atoms with Crippen LogP contribution >= 0.6 is 0 Å². The van der Waals surface area contributed by atoms with Gasteiger partial charge in [-0.2, -0.15) is 5.26 Å². The average molecular weight is 220 g/mol. The number of carboxylic acids is 1. The minimum Gasteiger partial charge on any atom is -0.508 e. The fourth-order valence-corrected chi connectivity index (χ4v) is 1.08. The molecule has 0 aromatic heterocycles. The molecule has 0 aliphatic carbocycles. The lowest BCUT2D eigenvalue weighted by Gasteiger charge is -2.07. The lowest BCUT2D eigenvalue weighted by atomic mass is 10.1. The first kappa shape index (κ1) is 11.5. The van der Waals surface area contributed by atoms with Crippen molar-refractivity contribution in [2.75, 3.05) is 5.32 Å². The van der Waals surface area contributed by atoms with E-state index in [9.17, 15) is 9.59 Å². The molecule has 0 heterocycles. The van der Waals surface area contributed by atoms with Gasteiger partial charge in [0.2, 0.25) is 5.91 Å². The molecule has 1 rings (SSSR count). The Bertz CT molecular complexity index is 476. The van der Waals surface area contributed by atoms with Crippen molar-refractivity contribution in [2.45, 2.75) is 6.42 Å². The second kappa shape index (κ2) is 4.79. The number of carbonyl (C=O) groups excluding carboxylic acids is 1. The number of nitriles is 1. The van der Waals surface area contributed by atoms with Gasteiger partial charge in [0.15, 0.2) is 0 Å². The molecule has 1 aromatic rings. The number of nitrogens with zero attached hydrogens (tertiary/aromatic N) is 1. The highest BCUT2D eigenvalue weighted by Crippen LogP contribution is 2.21. The molecule has 0 unspecified atom stereocenters. The largest absolute Gasteiger partial charge is 0.508 e. The second-order valence-electron chi connectivity index (χ2n) is 2.92. The van der Waals surface area contributed by atoms with Crippen molar-refractivity contribution in [1.29, 1.82) is 5.26 Å². The molecule has 0 fully saturated rings. The molecule has 0 saturated heterocycles. The third kappa shape index (κ3) is 2.72. The Morgan fingerprint density at radius 1 is 1.44 bits per heavy atom. The van der Waals surface area contributed by atoms with E-state index in [1.54, 1.807) is 6.07 Å². The van der Waals surface area contributed by atoms with Crippen molar-refractivity contribution < 1.29 is 19.8 Å². The number of aromatic hydroxyl groups is 1. The molecule has 1 aromatic carbocycles. The van der Waals surface area contributed by atoms with E-state index >= 15 is 0 Å². The Morgan fingerprint density at radius 3 is 2.69 bits per heavy atom. The number of carboxylic acid groups (broad SMARTS) is 1. The molecular weight excluding hydrogens is 212 g/mol. The van der Waals surface area contributed by atoms with Crippen LogP contribution in [0.2, 0.25) is 0 Å². The number of rotatable bonds is 3.